The molecule has 11 atom stereocenters. The highest BCUT2D eigenvalue weighted by Gasteiger charge is 2.83. The van der Waals surface area contributed by atoms with E-state index in [4.69, 9.17) is 4.74 Å². The second-order valence-electron chi connectivity index (χ2n) is 12.1. The minimum atomic E-state index is -0.763. The lowest BCUT2D eigenvalue weighted by Gasteiger charge is -2.64. The van der Waals surface area contributed by atoms with Gasteiger partial charge < -0.3 is 9.84 Å². The molecule has 7 fully saturated rings. The Bertz CT molecular complexity index is 821. The van der Waals surface area contributed by atoms with Crippen LogP contribution in [0.3, 0.4) is 0 Å². The first-order chi connectivity index (χ1) is 13.3. The van der Waals surface area contributed by atoms with Gasteiger partial charge in [0, 0.05) is 36.0 Å². The smallest absolute Gasteiger partial charge is 0.306 e. The molecule has 0 aromatic rings. The molecular formula is C24H32O4. The Morgan fingerprint density at radius 1 is 0.929 bits per heavy atom. The lowest BCUT2D eigenvalue weighted by atomic mass is 9.42. The maximum atomic E-state index is 12.3. The number of hydrogen-bond acceptors (Lipinski definition) is 4. The third-order valence-electron chi connectivity index (χ3n) is 11.6. The van der Waals surface area contributed by atoms with Gasteiger partial charge in [-0.15, -0.1) is 0 Å². The molecule has 1 N–H and O–H groups in total. The number of carbonyl (C=O) groups is 2. The molecule has 0 amide bonds. The molecule has 7 rings (SSSR count). The van der Waals surface area contributed by atoms with Gasteiger partial charge in [0.15, 0.2) is 0 Å². The Balaban J connectivity index is 1.32. The zero-order valence-electron chi connectivity index (χ0n) is 17.1. The van der Waals surface area contributed by atoms with Crippen LogP contribution in [0.5, 0.6) is 0 Å². The molecule has 1 heterocycles. The van der Waals surface area contributed by atoms with Crippen LogP contribution in [-0.4, -0.2) is 28.1 Å². The maximum absolute atomic E-state index is 12.3. The monoisotopic (exact) mass is 384 g/mol. The van der Waals surface area contributed by atoms with Crippen LogP contribution < -0.4 is 0 Å². The van der Waals surface area contributed by atoms with E-state index in [-0.39, 0.29) is 28.2 Å². The Kier molecular flexibility index (Phi) is 2.74. The molecule has 0 aromatic carbocycles. The van der Waals surface area contributed by atoms with Crippen LogP contribution in [0.2, 0.25) is 0 Å². The molecule has 4 heteroatoms. The average molecular weight is 385 g/mol. The number of ether oxygens (including phenoxy) is 1. The van der Waals surface area contributed by atoms with Crippen LogP contribution in [0.25, 0.3) is 0 Å². The van der Waals surface area contributed by atoms with Crippen LogP contribution in [0.15, 0.2) is 0 Å². The maximum Gasteiger partial charge on any atom is 0.306 e. The lowest BCUT2D eigenvalue weighted by molar-refractivity contribution is -0.223. The number of carbonyl (C=O) groups excluding carboxylic acids is 2. The van der Waals surface area contributed by atoms with Crippen molar-refractivity contribution >= 4 is 11.8 Å². The van der Waals surface area contributed by atoms with Crippen molar-refractivity contribution in [2.45, 2.75) is 82.8 Å². The number of hydrogen-bond donors (Lipinski definition) is 1. The molecule has 6 aliphatic carbocycles. The molecule has 0 radical (unpaired) electrons. The summed E-state index contributed by atoms with van der Waals surface area (Å²) in [5.41, 5.74) is -0.943. The molecule has 6 unspecified atom stereocenters. The molecule has 1 aliphatic heterocycles. The van der Waals surface area contributed by atoms with Crippen molar-refractivity contribution < 1.29 is 19.4 Å². The summed E-state index contributed by atoms with van der Waals surface area (Å²) >= 11 is 0. The summed E-state index contributed by atoms with van der Waals surface area (Å²) in [6.45, 7) is 4.77. The quantitative estimate of drug-likeness (QED) is 0.649. The molecule has 0 aromatic heterocycles. The van der Waals surface area contributed by atoms with Gasteiger partial charge in [0.25, 0.3) is 0 Å². The van der Waals surface area contributed by atoms with Gasteiger partial charge in [-0.25, -0.2) is 0 Å². The van der Waals surface area contributed by atoms with E-state index in [9.17, 15) is 14.7 Å². The van der Waals surface area contributed by atoms with Gasteiger partial charge in [0.2, 0.25) is 0 Å². The van der Waals surface area contributed by atoms with Crippen LogP contribution in [0.4, 0.5) is 0 Å². The van der Waals surface area contributed by atoms with Crippen molar-refractivity contribution in [1.82, 2.24) is 0 Å². The highest BCUT2D eigenvalue weighted by molar-refractivity contribution is 5.81. The Hall–Kier alpha value is -0.900. The van der Waals surface area contributed by atoms with Crippen LogP contribution in [0.1, 0.15) is 71.6 Å². The van der Waals surface area contributed by atoms with Gasteiger partial charge in [-0.1, -0.05) is 13.8 Å². The van der Waals surface area contributed by atoms with E-state index in [0.29, 0.717) is 54.8 Å². The van der Waals surface area contributed by atoms with Gasteiger partial charge in [0.05, 0.1) is 5.60 Å². The zero-order valence-corrected chi connectivity index (χ0v) is 17.1. The van der Waals surface area contributed by atoms with E-state index in [1.165, 1.54) is 6.42 Å². The predicted molar refractivity (Wildman–Crippen MR) is 101 cm³/mol. The number of ketones is 1. The SMILES string of the molecule is CC12CCC3C(C1C1C[C@@H]1C21CCC(=O)O1)[C@H]1C[C@H]1[C@]1(O)CC(=O)CC[C@]31C. The van der Waals surface area contributed by atoms with E-state index in [1.54, 1.807) is 0 Å². The number of aliphatic hydroxyl groups is 1. The second-order valence-corrected chi connectivity index (χ2v) is 12.1. The fourth-order valence-electron chi connectivity index (χ4n) is 10.3. The first kappa shape index (κ1) is 16.8. The van der Waals surface area contributed by atoms with E-state index in [0.717, 1.165) is 38.0 Å². The Morgan fingerprint density at radius 3 is 2.46 bits per heavy atom. The molecule has 7 aliphatic rings. The van der Waals surface area contributed by atoms with Crippen molar-refractivity contribution in [2.24, 2.45) is 52.3 Å². The first-order valence-electron chi connectivity index (χ1n) is 11.7. The highest BCUT2D eigenvalue weighted by atomic mass is 16.6. The summed E-state index contributed by atoms with van der Waals surface area (Å²) in [4.78, 5) is 24.4. The summed E-state index contributed by atoms with van der Waals surface area (Å²) in [5, 5.41) is 11.8. The summed E-state index contributed by atoms with van der Waals surface area (Å²) in [6, 6.07) is 0. The van der Waals surface area contributed by atoms with Gasteiger partial charge in [-0.05, 0) is 74.0 Å². The molecule has 1 spiro atoms. The third-order valence-corrected chi connectivity index (χ3v) is 11.6. The molecule has 0 bridgehead atoms. The average Bonchev–Trinajstić information content (AvgIpc) is 3.54. The normalized spacial score (nSPS) is 65.8. The zero-order chi connectivity index (χ0) is 19.3. The van der Waals surface area contributed by atoms with Crippen molar-refractivity contribution in [1.29, 1.82) is 0 Å². The highest BCUT2D eigenvalue weighted by Crippen LogP contribution is 2.83. The molecule has 1 saturated heterocycles. The van der Waals surface area contributed by atoms with Gasteiger partial charge >= 0.3 is 5.97 Å². The predicted octanol–water partition coefficient (Wildman–Crippen LogP) is 3.50. The van der Waals surface area contributed by atoms with E-state index in [1.807, 2.05) is 0 Å². The minimum absolute atomic E-state index is 0.0229. The number of fused-ring (bicyclic) bond motifs is 12. The lowest BCUT2D eigenvalue weighted by Crippen LogP contribution is -2.65. The Morgan fingerprint density at radius 2 is 1.71 bits per heavy atom. The van der Waals surface area contributed by atoms with Crippen LogP contribution in [-0.2, 0) is 14.3 Å². The fraction of sp³-hybridized carbons (Fsp3) is 0.917. The van der Waals surface area contributed by atoms with Crippen molar-refractivity contribution in [3.8, 4) is 0 Å². The van der Waals surface area contributed by atoms with E-state index >= 15 is 0 Å². The number of esters is 1. The van der Waals surface area contributed by atoms with Gasteiger partial charge in [-0.2, -0.15) is 0 Å². The first-order valence-corrected chi connectivity index (χ1v) is 11.7. The summed E-state index contributed by atoms with van der Waals surface area (Å²) < 4.78 is 6.20. The standard InChI is InChI=1S/C24H32O4/c1-21-6-3-12(25)11-23(21,27)16-9-13(16)19-15(21)4-7-22(2)20(19)14-10-17(14)24(22)8-5-18(26)28-24/h13-17,19-20,27H,3-11H2,1-2H3/t13-,14?,15?,16+,17-,19?,20?,21+,22?,23+,24?/m0/s1. The fourth-order valence-corrected chi connectivity index (χ4v) is 10.3. The second kappa shape index (κ2) is 4.55. The van der Waals surface area contributed by atoms with Crippen molar-refractivity contribution in [3.63, 3.8) is 0 Å². The van der Waals surface area contributed by atoms with Crippen molar-refractivity contribution in [3.05, 3.63) is 0 Å². The van der Waals surface area contributed by atoms with Gasteiger partial charge in [-0.3, -0.25) is 9.59 Å². The molecule has 152 valence electrons. The minimum Gasteiger partial charge on any atom is -0.458 e. The number of Topliss-reactive ketones (excluding diaryl/α,β-unsaturated/α-hetero) is 1. The number of rotatable bonds is 0. The Labute approximate surface area is 166 Å². The van der Waals surface area contributed by atoms with Gasteiger partial charge in [0.1, 0.15) is 11.4 Å². The molecular weight excluding hydrogens is 352 g/mol. The third kappa shape index (κ3) is 1.55. The van der Waals surface area contributed by atoms with E-state index in [2.05, 4.69) is 13.8 Å². The molecule has 28 heavy (non-hydrogen) atoms. The molecule has 4 nitrogen and oxygen atoms in total. The van der Waals surface area contributed by atoms with E-state index < -0.39 is 5.60 Å². The van der Waals surface area contributed by atoms with Crippen LogP contribution in [0, 0.1) is 52.3 Å². The molecule has 6 saturated carbocycles. The van der Waals surface area contributed by atoms with Crippen molar-refractivity contribution in [2.75, 3.05) is 0 Å². The topological polar surface area (TPSA) is 63.6 Å². The summed E-state index contributed by atoms with van der Waals surface area (Å²) in [6.07, 6.45) is 8.04. The summed E-state index contributed by atoms with van der Waals surface area (Å²) in [7, 11) is 0. The summed E-state index contributed by atoms with van der Waals surface area (Å²) in [5.74, 6) is 4.36. The van der Waals surface area contributed by atoms with Crippen LogP contribution >= 0.6 is 0 Å². The largest absolute Gasteiger partial charge is 0.458 e.